The number of morpholine rings is 1. The van der Waals surface area contributed by atoms with E-state index in [9.17, 15) is 22.8 Å². The number of ether oxygens (including phenoxy) is 1. The molecule has 1 aliphatic carbocycles. The maximum atomic E-state index is 13.3. The van der Waals surface area contributed by atoms with Gasteiger partial charge in [-0.2, -0.15) is 18.3 Å². The highest BCUT2D eigenvalue weighted by Crippen LogP contribution is 2.35. The Morgan fingerprint density at radius 3 is 2.67 bits per heavy atom. The molecule has 2 amide bonds. The molecule has 5 rings (SSSR count). The molecule has 3 heterocycles. The standard InChI is InChI=1S/C29H27ClF3N7O3/c1-16-11-17(2)23(37-28(42)19-3-5-21(30)20(12-19)29(31,32)33)13-18(16)4-6-22-25-26(34)35-15-36-27(25)40(38-22)14-24(41)39-7-9-43-10-8-39/h3,5,12-13,15,17H,7-11,14H2,1-2H3,(H,37,42)(H2,34,35,36). The molecule has 0 radical (unpaired) electrons. The van der Waals surface area contributed by atoms with E-state index >= 15 is 0 Å². The number of benzene rings is 1. The molecule has 1 unspecified atom stereocenters. The summed E-state index contributed by atoms with van der Waals surface area (Å²) in [6.45, 7) is 5.64. The second kappa shape index (κ2) is 12.1. The van der Waals surface area contributed by atoms with Gasteiger partial charge in [0.2, 0.25) is 5.91 Å². The fourth-order valence-electron chi connectivity index (χ4n) is 4.88. The smallest absolute Gasteiger partial charge is 0.383 e. The van der Waals surface area contributed by atoms with Gasteiger partial charge in [-0.15, -0.1) is 0 Å². The number of halogens is 4. The lowest BCUT2D eigenvalue weighted by molar-refractivity contribution is -0.137. The highest BCUT2D eigenvalue weighted by Gasteiger charge is 2.34. The molecule has 1 aromatic carbocycles. The van der Waals surface area contributed by atoms with Crippen LogP contribution in [0.1, 0.15) is 41.9 Å². The molecular weight excluding hydrogens is 587 g/mol. The summed E-state index contributed by atoms with van der Waals surface area (Å²) in [4.78, 5) is 35.8. The summed E-state index contributed by atoms with van der Waals surface area (Å²) in [5.41, 5.74) is 7.57. The van der Waals surface area contributed by atoms with Crippen LogP contribution in [0.15, 0.2) is 47.4 Å². The minimum absolute atomic E-state index is 0.0648. The molecular formula is C29H27ClF3N7O3. The van der Waals surface area contributed by atoms with Crippen molar-refractivity contribution in [2.75, 3.05) is 32.0 Å². The molecule has 1 atom stereocenters. The van der Waals surface area contributed by atoms with Crippen molar-refractivity contribution in [2.45, 2.75) is 33.0 Å². The second-order valence-electron chi connectivity index (χ2n) is 10.3. The Morgan fingerprint density at radius 2 is 1.95 bits per heavy atom. The van der Waals surface area contributed by atoms with Crippen molar-refractivity contribution in [1.29, 1.82) is 0 Å². The third kappa shape index (κ3) is 6.50. The Bertz CT molecular complexity index is 1730. The first kappa shape index (κ1) is 30.1. The van der Waals surface area contributed by atoms with E-state index in [0.29, 0.717) is 55.0 Å². The molecule has 43 heavy (non-hydrogen) atoms. The average molecular weight is 614 g/mol. The summed E-state index contributed by atoms with van der Waals surface area (Å²) in [5.74, 6) is 5.27. The van der Waals surface area contributed by atoms with Gasteiger partial charge in [0.05, 0.1) is 29.2 Å². The number of anilines is 1. The first-order valence-corrected chi connectivity index (χ1v) is 13.7. The number of fused-ring (bicyclic) bond motifs is 1. The Morgan fingerprint density at radius 1 is 1.21 bits per heavy atom. The van der Waals surface area contributed by atoms with Crippen molar-refractivity contribution in [3.8, 4) is 11.8 Å². The molecule has 0 bridgehead atoms. The third-order valence-corrected chi connectivity index (χ3v) is 7.55. The number of nitrogens with two attached hydrogens (primary N) is 1. The predicted molar refractivity (Wildman–Crippen MR) is 152 cm³/mol. The largest absolute Gasteiger partial charge is 0.417 e. The summed E-state index contributed by atoms with van der Waals surface area (Å²) in [6.07, 6.45) is -1.17. The van der Waals surface area contributed by atoms with Crippen LogP contribution in [-0.4, -0.2) is 62.8 Å². The summed E-state index contributed by atoms with van der Waals surface area (Å²) >= 11 is 5.70. The number of alkyl halides is 3. The maximum Gasteiger partial charge on any atom is 0.417 e. The lowest BCUT2D eigenvalue weighted by Gasteiger charge is -2.26. The van der Waals surface area contributed by atoms with Crippen molar-refractivity contribution < 1.29 is 27.5 Å². The molecule has 1 fully saturated rings. The number of carbonyl (C=O) groups excluding carboxylic acids is 2. The zero-order chi connectivity index (χ0) is 30.9. The van der Waals surface area contributed by atoms with Crippen molar-refractivity contribution in [3.63, 3.8) is 0 Å². The molecule has 10 nitrogen and oxygen atoms in total. The van der Waals surface area contributed by atoms with Crippen molar-refractivity contribution in [3.05, 3.63) is 69.3 Å². The lowest BCUT2D eigenvalue weighted by atomic mass is 9.88. The molecule has 1 aliphatic heterocycles. The molecule has 224 valence electrons. The van der Waals surface area contributed by atoms with Crippen LogP contribution in [0.5, 0.6) is 0 Å². The molecule has 2 aromatic heterocycles. The van der Waals surface area contributed by atoms with E-state index in [4.69, 9.17) is 22.1 Å². The monoisotopic (exact) mass is 613 g/mol. The normalized spacial score (nSPS) is 17.4. The minimum atomic E-state index is -4.70. The summed E-state index contributed by atoms with van der Waals surface area (Å²) in [5, 5.41) is 7.17. The fraction of sp³-hybridized carbons (Fsp3) is 0.345. The average Bonchev–Trinajstić information content (AvgIpc) is 3.32. The number of nitrogen functional groups attached to an aromatic ring is 1. The Balaban J connectivity index is 1.42. The molecule has 14 heteroatoms. The van der Waals surface area contributed by atoms with Gasteiger partial charge in [-0.25, -0.2) is 14.6 Å². The van der Waals surface area contributed by atoms with E-state index < -0.39 is 22.7 Å². The molecule has 2 aliphatic rings. The first-order valence-electron chi connectivity index (χ1n) is 13.4. The topological polar surface area (TPSA) is 128 Å². The molecule has 0 spiro atoms. The number of allylic oxidation sites excluding steroid dienone is 4. The van der Waals surface area contributed by atoms with Crippen LogP contribution in [0, 0.1) is 17.8 Å². The van der Waals surface area contributed by atoms with Gasteiger partial charge in [-0.05, 0) is 43.5 Å². The molecule has 0 saturated carbocycles. The Hall–Kier alpha value is -4.41. The number of hydrogen-bond acceptors (Lipinski definition) is 7. The van der Waals surface area contributed by atoms with E-state index in [1.54, 1.807) is 11.0 Å². The first-order chi connectivity index (χ1) is 20.4. The van der Waals surface area contributed by atoms with Crippen molar-refractivity contribution in [2.24, 2.45) is 5.92 Å². The maximum absolute atomic E-state index is 13.3. The second-order valence-corrected chi connectivity index (χ2v) is 10.7. The Kier molecular flexibility index (Phi) is 8.43. The Labute approximate surface area is 249 Å². The van der Waals surface area contributed by atoms with Gasteiger partial charge in [0, 0.05) is 35.8 Å². The van der Waals surface area contributed by atoms with Gasteiger partial charge in [-0.3, -0.25) is 9.59 Å². The van der Waals surface area contributed by atoms with E-state index in [2.05, 4.69) is 32.2 Å². The number of hydrogen-bond donors (Lipinski definition) is 2. The number of amides is 2. The van der Waals surface area contributed by atoms with Crippen LogP contribution < -0.4 is 11.1 Å². The van der Waals surface area contributed by atoms with Gasteiger partial charge in [0.15, 0.2) is 5.65 Å². The van der Waals surface area contributed by atoms with Crippen molar-refractivity contribution in [1.82, 2.24) is 30.0 Å². The van der Waals surface area contributed by atoms with Gasteiger partial charge in [-0.1, -0.05) is 30.0 Å². The number of nitrogens with zero attached hydrogens (tertiary/aromatic N) is 5. The minimum Gasteiger partial charge on any atom is -0.383 e. The number of nitrogens with one attached hydrogen (secondary N) is 1. The van der Waals surface area contributed by atoms with Crippen LogP contribution in [0.2, 0.25) is 5.02 Å². The van der Waals surface area contributed by atoms with Crippen molar-refractivity contribution >= 4 is 40.3 Å². The van der Waals surface area contributed by atoms with Gasteiger partial charge in [0.1, 0.15) is 24.4 Å². The quantitative estimate of drug-likeness (QED) is 0.426. The summed E-state index contributed by atoms with van der Waals surface area (Å²) < 4.78 is 46.7. The highest BCUT2D eigenvalue weighted by atomic mass is 35.5. The summed E-state index contributed by atoms with van der Waals surface area (Å²) in [7, 11) is 0. The molecule has 3 N–H and O–H groups in total. The van der Waals surface area contributed by atoms with E-state index in [1.807, 2.05) is 13.8 Å². The van der Waals surface area contributed by atoms with Crippen LogP contribution in [0.25, 0.3) is 11.0 Å². The van der Waals surface area contributed by atoms with Crippen LogP contribution >= 0.6 is 11.6 Å². The number of aromatic nitrogens is 4. The molecule has 1 saturated heterocycles. The van der Waals surface area contributed by atoms with E-state index in [0.717, 1.165) is 17.7 Å². The number of carbonyl (C=O) groups is 2. The van der Waals surface area contributed by atoms with Gasteiger partial charge in [0.25, 0.3) is 5.91 Å². The van der Waals surface area contributed by atoms with Crippen LogP contribution in [0.4, 0.5) is 19.0 Å². The van der Waals surface area contributed by atoms with Crippen LogP contribution in [-0.2, 0) is 22.3 Å². The SMILES string of the molecule is CC1=C(C#Cc2nn(CC(=O)N3CCOCC3)c3ncnc(N)c23)C=C(NC(=O)c2ccc(Cl)c(C(F)(F)F)c2)C(C)C1. The zero-order valence-electron chi connectivity index (χ0n) is 23.3. The summed E-state index contributed by atoms with van der Waals surface area (Å²) in [6, 6.07) is 3.01. The number of rotatable bonds is 4. The van der Waals surface area contributed by atoms with E-state index in [-0.39, 0.29) is 35.4 Å². The zero-order valence-corrected chi connectivity index (χ0v) is 24.0. The predicted octanol–water partition coefficient (Wildman–Crippen LogP) is 3.96. The van der Waals surface area contributed by atoms with E-state index in [1.165, 1.54) is 17.1 Å². The third-order valence-electron chi connectivity index (χ3n) is 7.22. The lowest BCUT2D eigenvalue weighted by Crippen LogP contribution is -2.42. The van der Waals surface area contributed by atoms with Gasteiger partial charge < -0.3 is 20.7 Å². The highest BCUT2D eigenvalue weighted by molar-refractivity contribution is 6.31. The molecule has 3 aromatic rings. The van der Waals surface area contributed by atoms with Gasteiger partial charge >= 0.3 is 6.18 Å². The van der Waals surface area contributed by atoms with Crippen LogP contribution in [0.3, 0.4) is 0 Å². The fourth-order valence-corrected chi connectivity index (χ4v) is 5.11.